The van der Waals surface area contributed by atoms with Crippen LogP contribution in [-0.2, 0) is 20.9 Å². The van der Waals surface area contributed by atoms with Crippen LogP contribution in [0, 0.1) is 6.92 Å². The number of carbonyl (C=O) groups excluding carboxylic acids is 1. The van der Waals surface area contributed by atoms with E-state index >= 15 is 0 Å². The number of fused-ring (bicyclic) bond motifs is 1. The van der Waals surface area contributed by atoms with Crippen LogP contribution in [0.4, 0.5) is 0 Å². The molecular weight excluding hydrogens is 320 g/mol. The Labute approximate surface area is 147 Å². The van der Waals surface area contributed by atoms with E-state index in [1.165, 1.54) is 0 Å². The average Bonchev–Trinajstić information content (AvgIpc) is 2.81. The van der Waals surface area contributed by atoms with E-state index < -0.39 is 12.0 Å². The second-order valence-electron chi connectivity index (χ2n) is 7.14. The summed E-state index contributed by atoms with van der Waals surface area (Å²) in [5.74, 6) is -1.38. The summed E-state index contributed by atoms with van der Waals surface area (Å²) in [6.45, 7) is 8.00. The minimum absolute atomic E-state index is 0.0866. The van der Waals surface area contributed by atoms with E-state index in [-0.39, 0.29) is 31.1 Å². The molecule has 0 bridgehead atoms. The fraction of sp³-hybridized carbons (Fsp3) is 0.474. The van der Waals surface area contributed by atoms with Crippen molar-refractivity contribution in [2.75, 3.05) is 6.61 Å². The Hall–Kier alpha value is -2.34. The SMILES string of the molecule is Cc1cc2ccccc2n1CC(=O)NC(CCOC(C)(C)C)C(=O)O. The third kappa shape index (κ3) is 5.32. The molecule has 0 aliphatic heterocycles. The maximum absolute atomic E-state index is 12.3. The third-order valence-electron chi connectivity index (χ3n) is 3.89. The van der Waals surface area contributed by atoms with Crippen LogP contribution in [0.25, 0.3) is 10.9 Å². The van der Waals surface area contributed by atoms with Crippen molar-refractivity contribution >= 4 is 22.8 Å². The zero-order valence-corrected chi connectivity index (χ0v) is 15.2. The van der Waals surface area contributed by atoms with Gasteiger partial charge in [0.15, 0.2) is 0 Å². The highest BCUT2D eigenvalue weighted by molar-refractivity contribution is 5.86. The van der Waals surface area contributed by atoms with E-state index in [9.17, 15) is 14.7 Å². The third-order valence-corrected chi connectivity index (χ3v) is 3.89. The van der Waals surface area contributed by atoms with E-state index in [4.69, 9.17) is 4.74 Å². The van der Waals surface area contributed by atoms with Crippen LogP contribution in [0.2, 0.25) is 0 Å². The number of nitrogens with zero attached hydrogens (tertiary/aromatic N) is 1. The van der Waals surface area contributed by atoms with Crippen LogP contribution in [0.5, 0.6) is 0 Å². The largest absolute Gasteiger partial charge is 0.480 e. The molecule has 1 aromatic heterocycles. The molecule has 2 aromatic rings. The first kappa shape index (κ1) is 19.0. The summed E-state index contributed by atoms with van der Waals surface area (Å²) in [5, 5.41) is 13.0. The molecule has 2 rings (SSSR count). The molecule has 0 saturated carbocycles. The maximum Gasteiger partial charge on any atom is 0.326 e. The van der Waals surface area contributed by atoms with Gasteiger partial charge in [0, 0.05) is 24.2 Å². The van der Waals surface area contributed by atoms with Gasteiger partial charge in [0.2, 0.25) is 5.91 Å². The highest BCUT2D eigenvalue weighted by atomic mass is 16.5. The molecule has 6 heteroatoms. The van der Waals surface area contributed by atoms with Crippen molar-refractivity contribution in [3.63, 3.8) is 0 Å². The van der Waals surface area contributed by atoms with Crippen molar-refractivity contribution < 1.29 is 19.4 Å². The summed E-state index contributed by atoms with van der Waals surface area (Å²) in [6.07, 6.45) is 0.226. The molecule has 0 aliphatic rings. The molecule has 1 atom stereocenters. The second-order valence-corrected chi connectivity index (χ2v) is 7.14. The van der Waals surface area contributed by atoms with E-state index in [2.05, 4.69) is 5.32 Å². The fourth-order valence-corrected chi connectivity index (χ4v) is 2.68. The van der Waals surface area contributed by atoms with Gasteiger partial charge in [-0.1, -0.05) is 18.2 Å². The highest BCUT2D eigenvalue weighted by Crippen LogP contribution is 2.19. The molecule has 0 spiro atoms. The summed E-state index contributed by atoms with van der Waals surface area (Å²) >= 11 is 0. The van der Waals surface area contributed by atoms with Crippen LogP contribution in [0.1, 0.15) is 32.9 Å². The number of para-hydroxylation sites is 1. The predicted molar refractivity (Wildman–Crippen MR) is 96.6 cm³/mol. The molecule has 1 heterocycles. The first-order chi connectivity index (χ1) is 11.7. The van der Waals surface area contributed by atoms with Crippen molar-refractivity contribution in [2.24, 2.45) is 0 Å². The molecule has 0 saturated heterocycles. The molecule has 6 nitrogen and oxygen atoms in total. The molecule has 136 valence electrons. The molecular formula is C19H26N2O4. The Bertz CT molecular complexity index is 758. The van der Waals surface area contributed by atoms with Gasteiger partial charge in [-0.25, -0.2) is 4.79 Å². The lowest BCUT2D eigenvalue weighted by Gasteiger charge is -2.21. The van der Waals surface area contributed by atoms with Crippen LogP contribution in [0.3, 0.4) is 0 Å². The normalized spacial score (nSPS) is 13.0. The maximum atomic E-state index is 12.3. The quantitative estimate of drug-likeness (QED) is 0.808. The fourth-order valence-electron chi connectivity index (χ4n) is 2.68. The number of aliphatic carboxylic acids is 1. The molecule has 1 unspecified atom stereocenters. The number of amides is 1. The van der Waals surface area contributed by atoms with Crippen molar-refractivity contribution in [2.45, 2.75) is 52.3 Å². The van der Waals surface area contributed by atoms with Crippen molar-refractivity contribution in [1.82, 2.24) is 9.88 Å². The standard InChI is InChI=1S/C19H26N2O4/c1-13-11-14-7-5-6-8-16(14)21(13)12-17(22)20-15(18(23)24)9-10-25-19(2,3)4/h5-8,11,15H,9-10,12H2,1-4H3,(H,20,22)(H,23,24). The number of benzene rings is 1. The molecule has 0 radical (unpaired) electrons. The highest BCUT2D eigenvalue weighted by Gasteiger charge is 2.21. The van der Waals surface area contributed by atoms with E-state index in [0.29, 0.717) is 0 Å². The number of nitrogens with one attached hydrogen (secondary N) is 1. The van der Waals surface area contributed by atoms with Gasteiger partial charge in [0.1, 0.15) is 12.6 Å². The molecule has 2 N–H and O–H groups in total. The number of carboxylic acid groups (broad SMARTS) is 1. The second kappa shape index (κ2) is 7.70. The Morgan fingerprint density at radius 3 is 2.60 bits per heavy atom. The van der Waals surface area contributed by atoms with Gasteiger partial charge in [-0.2, -0.15) is 0 Å². The Balaban J connectivity index is 2.01. The lowest BCUT2D eigenvalue weighted by molar-refractivity contribution is -0.142. The minimum Gasteiger partial charge on any atom is -0.480 e. The van der Waals surface area contributed by atoms with E-state index in [1.807, 2.05) is 62.6 Å². The van der Waals surface area contributed by atoms with Crippen molar-refractivity contribution in [3.05, 3.63) is 36.0 Å². The molecule has 1 aromatic carbocycles. The van der Waals surface area contributed by atoms with Gasteiger partial charge in [-0.15, -0.1) is 0 Å². The average molecular weight is 346 g/mol. The van der Waals surface area contributed by atoms with Gasteiger partial charge in [0.05, 0.1) is 5.60 Å². The van der Waals surface area contributed by atoms with Gasteiger partial charge in [-0.3, -0.25) is 4.79 Å². The predicted octanol–water partition coefficient (Wildman–Crippen LogP) is 2.72. The number of ether oxygens (including phenoxy) is 1. The van der Waals surface area contributed by atoms with Crippen LogP contribution in [0.15, 0.2) is 30.3 Å². The number of rotatable bonds is 7. The first-order valence-electron chi connectivity index (χ1n) is 8.38. The van der Waals surface area contributed by atoms with Crippen LogP contribution in [-0.4, -0.2) is 39.8 Å². The molecule has 1 amide bonds. The number of carbonyl (C=O) groups is 2. The summed E-state index contributed by atoms with van der Waals surface area (Å²) in [7, 11) is 0. The summed E-state index contributed by atoms with van der Waals surface area (Å²) in [6, 6.07) is 8.84. The van der Waals surface area contributed by atoms with Crippen LogP contribution >= 0.6 is 0 Å². The number of aromatic nitrogens is 1. The summed E-state index contributed by atoms with van der Waals surface area (Å²) in [4.78, 5) is 23.7. The Kier molecular flexibility index (Phi) is 5.85. The first-order valence-corrected chi connectivity index (χ1v) is 8.38. The zero-order valence-electron chi connectivity index (χ0n) is 15.2. The lowest BCUT2D eigenvalue weighted by atomic mass is 10.1. The van der Waals surface area contributed by atoms with Crippen molar-refractivity contribution in [1.29, 1.82) is 0 Å². The van der Waals surface area contributed by atoms with E-state index in [1.54, 1.807) is 0 Å². The number of carboxylic acids is 1. The summed E-state index contributed by atoms with van der Waals surface area (Å²) < 4.78 is 7.44. The zero-order chi connectivity index (χ0) is 18.6. The van der Waals surface area contributed by atoms with Gasteiger partial charge in [-0.05, 0) is 45.2 Å². The van der Waals surface area contributed by atoms with Gasteiger partial charge >= 0.3 is 5.97 Å². The molecule has 0 fully saturated rings. The lowest BCUT2D eigenvalue weighted by Crippen LogP contribution is -2.43. The Morgan fingerprint density at radius 1 is 1.28 bits per heavy atom. The Morgan fingerprint density at radius 2 is 1.96 bits per heavy atom. The smallest absolute Gasteiger partial charge is 0.326 e. The minimum atomic E-state index is -1.06. The number of hydrogen-bond donors (Lipinski definition) is 2. The summed E-state index contributed by atoms with van der Waals surface area (Å²) in [5.41, 5.74) is 1.58. The van der Waals surface area contributed by atoms with Gasteiger partial charge in [0.25, 0.3) is 0 Å². The molecule has 0 aliphatic carbocycles. The van der Waals surface area contributed by atoms with E-state index in [0.717, 1.165) is 16.6 Å². The molecule has 25 heavy (non-hydrogen) atoms. The van der Waals surface area contributed by atoms with Crippen molar-refractivity contribution in [3.8, 4) is 0 Å². The van der Waals surface area contributed by atoms with Crippen LogP contribution < -0.4 is 5.32 Å². The monoisotopic (exact) mass is 346 g/mol. The number of hydrogen-bond acceptors (Lipinski definition) is 3. The number of aryl methyl sites for hydroxylation is 1. The topological polar surface area (TPSA) is 80.6 Å². The van der Waals surface area contributed by atoms with Gasteiger partial charge < -0.3 is 19.7 Å².